The molecule has 7 nitrogen and oxygen atoms in total. The van der Waals surface area contributed by atoms with E-state index in [0.717, 1.165) is 17.4 Å². The molecular formula is C21H16ClFN2O5S. The van der Waals surface area contributed by atoms with E-state index in [9.17, 15) is 18.8 Å². The number of methoxy groups -OCH3 is 2. The van der Waals surface area contributed by atoms with E-state index in [1.807, 2.05) is 0 Å². The number of amides is 2. The van der Waals surface area contributed by atoms with E-state index < -0.39 is 23.6 Å². The van der Waals surface area contributed by atoms with Crippen molar-refractivity contribution in [3.8, 4) is 5.75 Å². The van der Waals surface area contributed by atoms with Crippen LogP contribution in [0.4, 0.5) is 15.8 Å². The van der Waals surface area contributed by atoms with E-state index in [1.165, 1.54) is 50.6 Å². The second-order valence-corrected chi connectivity index (χ2v) is 7.62. The second-order valence-electron chi connectivity index (χ2n) is 6.10. The number of carbonyl (C=O) groups excluding carboxylic acids is 3. The molecule has 0 bridgehead atoms. The zero-order valence-electron chi connectivity index (χ0n) is 16.3. The third kappa shape index (κ3) is 5.19. The number of halogens is 2. The summed E-state index contributed by atoms with van der Waals surface area (Å²) in [5.74, 6) is -2.16. The lowest BCUT2D eigenvalue weighted by atomic mass is 10.2. The van der Waals surface area contributed by atoms with Crippen LogP contribution in [0.2, 0.25) is 5.02 Å². The maximum Gasteiger partial charge on any atom is 0.348 e. The van der Waals surface area contributed by atoms with Crippen LogP contribution in [0.1, 0.15) is 29.7 Å². The van der Waals surface area contributed by atoms with Gasteiger partial charge in [0.05, 0.1) is 30.3 Å². The molecule has 3 aromatic rings. The van der Waals surface area contributed by atoms with Crippen LogP contribution in [-0.2, 0) is 4.74 Å². The van der Waals surface area contributed by atoms with E-state index >= 15 is 0 Å². The van der Waals surface area contributed by atoms with Crippen molar-refractivity contribution in [3.05, 3.63) is 74.7 Å². The number of rotatable bonds is 6. The topological polar surface area (TPSA) is 93.7 Å². The zero-order valence-corrected chi connectivity index (χ0v) is 17.9. The predicted octanol–water partition coefficient (Wildman–Crippen LogP) is 4.84. The zero-order chi connectivity index (χ0) is 22.5. The maximum absolute atomic E-state index is 14.0. The minimum atomic E-state index is -0.771. The Morgan fingerprint density at radius 3 is 2.35 bits per heavy atom. The largest absolute Gasteiger partial charge is 0.495 e. The van der Waals surface area contributed by atoms with Gasteiger partial charge in [-0.15, -0.1) is 11.3 Å². The Balaban J connectivity index is 1.80. The van der Waals surface area contributed by atoms with Crippen LogP contribution >= 0.6 is 22.9 Å². The van der Waals surface area contributed by atoms with Crippen LogP contribution in [0.25, 0.3) is 0 Å². The molecule has 31 heavy (non-hydrogen) atoms. The van der Waals surface area contributed by atoms with Gasteiger partial charge in [-0.2, -0.15) is 0 Å². The van der Waals surface area contributed by atoms with Crippen LogP contribution < -0.4 is 15.4 Å². The van der Waals surface area contributed by atoms with Crippen LogP contribution in [-0.4, -0.2) is 32.0 Å². The molecule has 0 aliphatic carbocycles. The Morgan fingerprint density at radius 2 is 1.68 bits per heavy atom. The molecule has 0 atom stereocenters. The van der Waals surface area contributed by atoms with Gasteiger partial charge in [-0.05, 0) is 48.5 Å². The van der Waals surface area contributed by atoms with Crippen molar-refractivity contribution in [2.75, 3.05) is 24.9 Å². The first-order chi connectivity index (χ1) is 14.8. The third-order valence-corrected chi connectivity index (χ3v) is 5.40. The average Bonchev–Trinajstić information content (AvgIpc) is 3.24. The van der Waals surface area contributed by atoms with Crippen LogP contribution in [0.3, 0.4) is 0 Å². The van der Waals surface area contributed by atoms with Crippen LogP contribution in [0.5, 0.6) is 5.75 Å². The minimum Gasteiger partial charge on any atom is -0.495 e. The summed E-state index contributed by atoms with van der Waals surface area (Å²) in [6.45, 7) is 0. The first-order valence-corrected chi connectivity index (χ1v) is 9.95. The summed E-state index contributed by atoms with van der Waals surface area (Å²) in [7, 11) is 2.66. The van der Waals surface area contributed by atoms with Gasteiger partial charge >= 0.3 is 5.97 Å². The highest BCUT2D eigenvalue weighted by Gasteiger charge is 2.17. The van der Waals surface area contributed by atoms with Crippen molar-refractivity contribution in [2.45, 2.75) is 0 Å². The number of hydrogen-bond acceptors (Lipinski definition) is 6. The maximum atomic E-state index is 14.0. The number of hydrogen-bond donors (Lipinski definition) is 2. The van der Waals surface area contributed by atoms with Crippen molar-refractivity contribution in [1.29, 1.82) is 0 Å². The molecule has 1 aromatic heterocycles. The number of benzene rings is 2. The smallest absolute Gasteiger partial charge is 0.348 e. The third-order valence-electron chi connectivity index (χ3n) is 4.10. The lowest BCUT2D eigenvalue weighted by molar-refractivity contribution is 0.0606. The number of nitrogens with one attached hydrogen (secondary N) is 2. The molecule has 10 heteroatoms. The number of esters is 1. The van der Waals surface area contributed by atoms with E-state index in [2.05, 4.69) is 15.4 Å². The Hall–Kier alpha value is -3.43. The molecule has 0 radical (unpaired) electrons. The highest BCUT2D eigenvalue weighted by atomic mass is 35.5. The Labute approximate surface area is 185 Å². The van der Waals surface area contributed by atoms with Crippen molar-refractivity contribution >= 4 is 52.1 Å². The molecule has 2 aromatic carbocycles. The quantitative estimate of drug-likeness (QED) is 0.511. The molecule has 0 fully saturated rings. The van der Waals surface area contributed by atoms with Crippen molar-refractivity contribution in [1.82, 2.24) is 0 Å². The summed E-state index contributed by atoms with van der Waals surface area (Å²) >= 11 is 6.70. The van der Waals surface area contributed by atoms with Crippen LogP contribution in [0, 0.1) is 5.82 Å². The SMILES string of the molecule is COC(=O)c1ccc(C(=O)Nc2ccc(OC)c(NC(=O)c3ccc(Cl)cc3F)c2)s1. The highest BCUT2D eigenvalue weighted by molar-refractivity contribution is 7.16. The van der Waals surface area contributed by atoms with Gasteiger partial charge in [-0.25, -0.2) is 9.18 Å². The summed E-state index contributed by atoms with van der Waals surface area (Å²) in [5.41, 5.74) is 0.376. The molecule has 0 spiro atoms. The number of carbonyl (C=O) groups is 3. The van der Waals surface area contributed by atoms with E-state index in [0.29, 0.717) is 21.2 Å². The van der Waals surface area contributed by atoms with E-state index in [4.69, 9.17) is 16.3 Å². The first kappa shape index (κ1) is 22.3. The summed E-state index contributed by atoms with van der Waals surface area (Å²) in [6.07, 6.45) is 0. The monoisotopic (exact) mass is 462 g/mol. The molecule has 0 aliphatic heterocycles. The number of thiophene rings is 1. The average molecular weight is 463 g/mol. The molecular weight excluding hydrogens is 447 g/mol. The first-order valence-electron chi connectivity index (χ1n) is 8.76. The van der Waals surface area contributed by atoms with Gasteiger partial charge < -0.3 is 20.1 Å². The van der Waals surface area contributed by atoms with Gasteiger partial charge in [-0.3, -0.25) is 9.59 Å². The Morgan fingerprint density at radius 1 is 0.935 bits per heavy atom. The van der Waals surface area contributed by atoms with Crippen molar-refractivity contribution in [2.24, 2.45) is 0 Å². The van der Waals surface area contributed by atoms with E-state index in [-0.39, 0.29) is 16.3 Å². The predicted molar refractivity (Wildman–Crippen MR) is 116 cm³/mol. The standard InChI is InChI=1S/C21H16ClFN2O5S/c1-29-16-6-4-12(24-20(27)17-7-8-18(31-17)21(28)30-2)10-15(16)25-19(26)13-5-3-11(22)9-14(13)23/h3-10H,1-2H3,(H,24,27)(H,25,26). The normalized spacial score (nSPS) is 10.3. The lowest BCUT2D eigenvalue weighted by Gasteiger charge is -2.13. The Kier molecular flexibility index (Phi) is 6.88. The molecule has 0 saturated heterocycles. The lowest BCUT2D eigenvalue weighted by Crippen LogP contribution is -2.15. The number of ether oxygens (including phenoxy) is 2. The molecule has 0 aliphatic rings. The molecule has 0 saturated carbocycles. The molecule has 2 amide bonds. The van der Waals surface area contributed by atoms with Gasteiger partial charge in [0.1, 0.15) is 16.4 Å². The summed E-state index contributed by atoms with van der Waals surface area (Å²) in [4.78, 5) is 37.1. The van der Waals surface area contributed by atoms with Gasteiger partial charge in [-0.1, -0.05) is 11.6 Å². The molecule has 1 heterocycles. The fourth-order valence-electron chi connectivity index (χ4n) is 2.61. The van der Waals surface area contributed by atoms with Crippen molar-refractivity contribution < 1.29 is 28.2 Å². The van der Waals surface area contributed by atoms with Gasteiger partial charge in [0.2, 0.25) is 0 Å². The molecule has 3 rings (SSSR count). The van der Waals surface area contributed by atoms with Gasteiger partial charge in [0.15, 0.2) is 0 Å². The molecule has 160 valence electrons. The fraction of sp³-hybridized carbons (Fsp3) is 0.0952. The van der Waals surface area contributed by atoms with Gasteiger partial charge in [0.25, 0.3) is 11.8 Å². The van der Waals surface area contributed by atoms with Crippen molar-refractivity contribution in [3.63, 3.8) is 0 Å². The fourth-order valence-corrected chi connectivity index (χ4v) is 3.59. The molecule has 0 unspecified atom stereocenters. The van der Waals surface area contributed by atoms with Gasteiger partial charge in [0, 0.05) is 10.7 Å². The Bertz CT molecular complexity index is 1160. The summed E-state index contributed by atoms with van der Waals surface area (Å²) in [6, 6.07) is 11.3. The molecule has 2 N–H and O–H groups in total. The summed E-state index contributed by atoms with van der Waals surface area (Å²) < 4.78 is 23.9. The van der Waals surface area contributed by atoms with E-state index in [1.54, 1.807) is 6.07 Å². The minimum absolute atomic E-state index is 0.167. The summed E-state index contributed by atoms with van der Waals surface area (Å²) in [5, 5.41) is 5.40. The number of anilines is 2. The van der Waals surface area contributed by atoms with Crippen LogP contribution in [0.15, 0.2) is 48.5 Å². The highest BCUT2D eigenvalue weighted by Crippen LogP contribution is 2.29. The second kappa shape index (κ2) is 9.59.